The maximum Gasteiger partial charge on any atom is 0.120 e. The minimum atomic E-state index is -0.193. The van der Waals surface area contributed by atoms with Gasteiger partial charge in [0.25, 0.3) is 0 Å². The molecule has 1 atom stereocenters. The zero-order valence-corrected chi connectivity index (χ0v) is 8.38. The van der Waals surface area contributed by atoms with Crippen LogP contribution >= 0.6 is 12.6 Å². The molecule has 1 unspecified atom stereocenters. The van der Waals surface area contributed by atoms with Crippen LogP contribution < -0.4 is 0 Å². The first-order valence-corrected chi connectivity index (χ1v) is 4.71. The van der Waals surface area contributed by atoms with Crippen LogP contribution in [0.15, 0.2) is 24.3 Å². The van der Waals surface area contributed by atoms with Crippen LogP contribution in [0.2, 0.25) is 0 Å². The van der Waals surface area contributed by atoms with Crippen molar-refractivity contribution in [2.45, 2.75) is 18.6 Å². The summed E-state index contributed by atoms with van der Waals surface area (Å²) in [6.45, 7) is 1.98. The second-order valence-electron chi connectivity index (χ2n) is 2.64. The van der Waals surface area contributed by atoms with Gasteiger partial charge >= 0.3 is 0 Å². The summed E-state index contributed by atoms with van der Waals surface area (Å²) in [5.74, 6) is 6.14. The Morgan fingerprint density at radius 1 is 1.46 bits per heavy atom. The van der Waals surface area contributed by atoms with Crippen molar-refractivity contribution in [2.75, 3.05) is 0 Å². The molecule has 0 amide bonds. The summed E-state index contributed by atoms with van der Waals surface area (Å²) < 4.78 is 0. The second-order valence-corrected chi connectivity index (χ2v) is 3.15. The topological polar surface area (TPSA) is 20.2 Å². The summed E-state index contributed by atoms with van der Waals surface area (Å²) in [6.07, 6.45) is 0.810. The number of para-hydroxylation sites is 1. The number of hydrogen-bond donors (Lipinski definition) is 2. The number of phenols is 1. The fourth-order valence-electron chi connectivity index (χ4n) is 0.995. The van der Waals surface area contributed by atoms with Crippen LogP contribution in [0, 0.1) is 11.8 Å². The van der Waals surface area contributed by atoms with Gasteiger partial charge in [0.15, 0.2) is 0 Å². The SMILES string of the molecule is CCC#CC(S)c1ccccc1O. The number of benzene rings is 1. The molecule has 1 aromatic carbocycles. The van der Waals surface area contributed by atoms with Gasteiger partial charge in [-0.25, -0.2) is 0 Å². The lowest BCUT2D eigenvalue weighted by molar-refractivity contribution is 0.470. The number of hydrogen-bond acceptors (Lipinski definition) is 2. The molecule has 0 spiro atoms. The van der Waals surface area contributed by atoms with Gasteiger partial charge in [0.1, 0.15) is 5.75 Å². The Hall–Kier alpha value is -1.07. The quantitative estimate of drug-likeness (QED) is 0.518. The molecule has 0 aliphatic carbocycles. The molecule has 0 saturated heterocycles. The van der Waals surface area contributed by atoms with Crippen molar-refractivity contribution in [1.82, 2.24) is 0 Å². The van der Waals surface area contributed by atoms with Gasteiger partial charge in [-0.15, -0.1) is 5.92 Å². The summed E-state index contributed by atoms with van der Waals surface area (Å²) in [7, 11) is 0. The molecule has 2 heteroatoms. The molecule has 0 aromatic heterocycles. The van der Waals surface area contributed by atoms with Crippen molar-refractivity contribution in [1.29, 1.82) is 0 Å². The van der Waals surface area contributed by atoms with E-state index in [0.29, 0.717) is 0 Å². The van der Waals surface area contributed by atoms with Crippen molar-refractivity contribution in [3.63, 3.8) is 0 Å². The van der Waals surface area contributed by atoms with Crippen molar-refractivity contribution < 1.29 is 5.11 Å². The molecule has 1 rings (SSSR count). The Bertz CT molecular complexity index is 335. The summed E-state index contributed by atoms with van der Waals surface area (Å²) in [6, 6.07) is 7.13. The molecule has 0 fully saturated rings. The molecule has 0 aliphatic heterocycles. The number of aromatic hydroxyl groups is 1. The molecule has 0 saturated carbocycles. The monoisotopic (exact) mass is 192 g/mol. The number of thiol groups is 1. The van der Waals surface area contributed by atoms with Crippen LogP contribution in [0.4, 0.5) is 0 Å². The Labute approximate surface area is 84.2 Å². The lowest BCUT2D eigenvalue weighted by Crippen LogP contribution is -1.86. The van der Waals surface area contributed by atoms with Crippen molar-refractivity contribution >= 4 is 12.6 Å². The zero-order valence-electron chi connectivity index (χ0n) is 7.49. The first-order chi connectivity index (χ1) is 6.25. The molecule has 13 heavy (non-hydrogen) atoms. The van der Waals surface area contributed by atoms with E-state index < -0.39 is 0 Å². The minimum absolute atomic E-state index is 0.193. The van der Waals surface area contributed by atoms with E-state index in [0.717, 1.165) is 12.0 Å². The first-order valence-electron chi connectivity index (χ1n) is 4.20. The summed E-state index contributed by atoms with van der Waals surface area (Å²) in [4.78, 5) is 0. The predicted octanol–water partition coefficient (Wildman–Crippen LogP) is 2.78. The zero-order chi connectivity index (χ0) is 9.68. The average molecular weight is 192 g/mol. The third-order valence-electron chi connectivity index (χ3n) is 1.65. The van der Waals surface area contributed by atoms with E-state index in [1.165, 1.54) is 0 Å². The molecule has 1 aromatic rings. The van der Waals surface area contributed by atoms with Crippen molar-refractivity contribution in [3.05, 3.63) is 29.8 Å². The van der Waals surface area contributed by atoms with Gasteiger partial charge in [0.2, 0.25) is 0 Å². The summed E-state index contributed by atoms with van der Waals surface area (Å²) in [5.41, 5.74) is 0.770. The first kappa shape index (κ1) is 10.0. The van der Waals surface area contributed by atoms with E-state index in [4.69, 9.17) is 0 Å². The highest BCUT2D eigenvalue weighted by Gasteiger charge is 2.06. The largest absolute Gasteiger partial charge is 0.508 e. The summed E-state index contributed by atoms with van der Waals surface area (Å²) in [5, 5.41) is 9.27. The Morgan fingerprint density at radius 2 is 2.15 bits per heavy atom. The lowest BCUT2D eigenvalue weighted by Gasteiger charge is -2.05. The van der Waals surface area contributed by atoms with Gasteiger partial charge in [0.05, 0.1) is 5.25 Å². The van der Waals surface area contributed by atoms with E-state index >= 15 is 0 Å². The lowest BCUT2D eigenvalue weighted by atomic mass is 10.1. The van der Waals surface area contributed by atoms with Crippen LogP contribution in [0.25, 0.3) is 0 Å². The highest BCUT2D eigenvalue weighted by atomic mass is 32.1. The minimum Gasteiger partial charge on any atom is -0.508 e. The summed E-state index contributed by atoms with van der Waals surface area (Å²) >= 11 is 4.29. The van der Waals surface area contributed by atoms with Crippen LogP contribution in [0.5, 0.6) is 5.75 Å². The number of rotatable bonds is 1. The molecule has 0 aliphatic rings. The van der Waals surface area contributed by atoms with Crippen molar-refractivity contribution in [2.24, 2.45) is 0 Å². The van der Waals surface area contributed by atoms with E-state index in [9.17, 15) is 5.11 Å². The van der Waals surface area contributed by atoms with Crippen LogP contribution in [-0.4, -0.2) is 5.11 Å². The van der Waals surface area contributed by atoms with Crippen molar-refractivity contribution in [3.8, 4) is 17.6 Å². The Kier molecular flexibility index (Phi) is 3.72. The van der Waals surface area contributed by atoms with Gasteiger partial charge in [0, 0.05) is 12.0 Å². The van der Waals surface area contributed by atoms with Gasteiger partial charge in [-0.2, -0.15) is 12.6 Å². The standard InChI is InChI=1S/C11H12OS/c1-2-3-8-11(13)9-6-4-5-7-10(9)12/h4-7,11-13H,2H2,1H3. The van der Waals surface area contributed by atoms with Crippen LogP contribution in [0.3, 0.4) is 0 Å². The fourth-order valence-corrected chi connectivity index (χ4v) is 1.30. The Balaban J connectivity index is 2.88. The van der Waals surface area contributed by atoms with Crippen LogP contribution in [0.1, 0.15) is 24.2 Å². The van der Waals surface area contributed by atoms with E-state index in [2.05, 4.69) is 24.5 Å². The van der Waals surface area contributed by atoms with E-state index in [1.54, 1.807) is 12.1 Å². The second kappa shape index (κ2) is 4.84. The maximum atomic E-state index is 9.46. The molecule has 1 nitrogen and oxygen atoms in total. The highest BCUT2D eigenvalue weighted by molar-refractivity contribution is 7.80. The molecule has 0 bridgehead atoms. The smallest absolute Gasteiger partial charge is 0.120 e. The predicted molar refractivity (Wildman–Crippen MR) is 57.9 cm³/mol. The van der Waals surface area contributed by atoms with E-state index in [-0.39, 0.29) is 11.0 Å². The van der Waals surface area contributed by atoms with Gasteiger partial charge in [-0.1, -0.05) is 31.0 Å². The third kappa shape index (κ3) is 2.71. The fraction of sp³-hybridized carbons (Fsp3) is 0.273. The van der Waals surface area contributed by atoms with Gasteiger partial charge in [-0.3, -0.25) is 0 Å². The van der Waals surface area contributed by atoms with Gasteiger partial charge in [-0.05, 0) is 6.07 Å². The molecular formula is C11H12OS. The van der Waals surface area contributed by atoms with Crippen LogP contribution in [-0.2, 0) is 0 Å². The molecule has 0 radical (unpaired) electrons. The maximum absolute atomic E-state index is 9.46. The Morgan fingerprint density at radius 3 is 2.77 bits per heavy atom. The van der Waals surface area contributed by atoms with Gasteiger partial charge < -0.3 is 5.11 Å². The third-order valence-corrected chi connectivity index (χ3v) is 2.05. The molecule has 0 heterocycles. The number of phenolic OH excluding ortho intramolecular Hbond substituents is 1. The normalized spacial score (nSPS) is 11.5. The average Bonchev–Trinajstić information content (AvgIpc) is 2.15. The highest BCUT2D eigenvalue weighted by Crippen LogP contribution is 2.27. The molecule has 68 valence electrons. The molecule has 1 N–H and O–H groups in total. The molecular weight excluding hydrogens is 180 g/mol. The van der Waals surface area contributed by atoms with E-state index in [1.807, 2.05) is 19.1 Å².